The zero-order valence-corrected chi connectivity index (χ0v) is 12.0. The molecule has 2 rings (SSSR count). The molecule has 0 saturated carbocycles. The number of aliphatic hydroxyl groups is 1. The van der Waals surface area contributed by atoms with E-state index < -0.39 is 0 Å². The first-order chi connectivity index (χ1) is 9.20. The fraction of sp³-hybridized carbons (Fsp3) is 0.667. The number of hydrogen-bond donors (Lipinski definition) is 1. The molecule has 1 aliphatic rings. The molecule has 1 aliphatic heterocycles. The Morgan fingerprint density at radius 1 is 1.21 bits per heavy atom. The summed E-state index contributed by atoms with van der Waals surface area (Å²) in [4.78, 5) is 9.23. The van der Waals surface area contributed by atoms with Gasteiger partial charge in [0, 0.05) is 38.9 Å². The Morgan fingerprint density at radius 3 is 2.47 bits per heavy atom. The fourth-order valence-electron chi connectivity index (χ4n) is 2.74. The average Bonchev–Trinajstić information content (AvgIpc) is 2.42. The Labute approximate surface area is 116 Å². The number of aliphatic hydroxyl groups excluding tert-OH is 1. The predicted molar refractivity (Wildman–Crippen MR) is 76.9 cm³/mol. The van der Waals surface area contributed by atoms with Crippen molar-refractivity contribution in [2.24, 2.45) is 5.92 Å². The third-order valence-corrected chi connectivity index (χ3v) is 3.67. The smallest absolute Gasteiger partial charge is 0.0755 e. The van der Waals surface area contributed by atoms with Crippen molar-refractivity contribution in [3.8, 4) is 0 Å². The molecule has 1 N–H and O–H groups in total. The molecule has 106 valence electrons. The summed E-state index contributed by atoms with van der Waals surface area (Å²) in [6.45, 7) is 10.0. The highest BCUT2D eigenvalue weighted by Crippen LogP contribution is 2.20. The van der Waals surface area contributed by atoms with E-state index in [-0.39, 0.29) is 12.6 Å². The number of pyridine rings is 1. The standard InChI is InChI=1S/C15H25N3O/c1-13(2)11-17-7-9-18(10-8-17)15(12-19)14-5-3-4-6-16-14/h3-6,13,15,19H,7-12H2,1-2H3. The van der Waals surface area contributed by atoms with Gasteiger partial charge in [-0.3, -0.25) is 9.88 Å². The van der Waals surface area contributed by atoms with Crippen LogP contribution in [0, 0.1) is 5.92 Å². The summed E-state index contributed by atoms with van der Waals surface area (Å²) >= 11 is 0. The van der Waals surface area contributed by atoms with E-state index in [1.165, 1.54) is 6.54 Å². The van der Waals surface area contributed by atoms with Crippen molar-refractivity contribution in [3.63, 3.8) is 0 Å². The molecule has 1 unspecified atom stereocenters. The summed E-state index contributed by atoms with van der Waals surface area (Å²) in [6, 6.07) is 5.95. The summed E-state index contributed by atoms with van der Waals surface area (Å²) < 4.78 is 0. The molecule has 0 amide bonds. The zero-order chi connectivity index (χ0) is 13.7. The zero-order valence-electron chi connectivity index (χ0n) is 12.0. The van der Waals surface area contributed by atoms with E-state index in [0.717, 1.165) is 37.8 Å². The summed E-state index contributed by atoms with van der Waals surface area (Å²) in [6.07, 6.45) is 1.80. The highest BCUT2D eigenvalue weighted by atomic mass is 16.3. The fourth-order valence-corrected chi connectivity index (χ4v) is 2.74. The quantitative estimate of drug-likeness (QED) is 0.871. The van der Waals surface area contributed by atoms with E-state index in [1.807, 2.05) is 18.2 Å². The van der Waals surface area contributed by atoms with Gasteiger partial charge in [-0.2, -0.15) is 0 Å². The molecular formula is C15H25N3O. The summed E-state index contributed by atoms with van der Waals surface area (Å²) in [5.74, 6) is 0.718. The molecule has 1 fully saturated rings. The molecule has 2 heterocycles. The Bertz CT molecular complexity index is 361. The molecule has 1 aromatic rings. The maximum absolute atomic E-state index is 9.65. The van der Waals surface area contributed by atoms with Crippen molar-refractivity contribution in [2.45, 2.75) is 19.9 Å². The van der Waals surface area contributed by atoms with Crippen LogP contribution in [-0.2, 0) is 0 Å². The Kier molecular flexibility index (Phi) is 5.31. The Morgan fingerprint density at radius 2 is 1.95 bits per heavy atom. The van der Waals surface area contributed by atoms with Crippen molar-refractivity contribution >= 4 is 0 Å². The number of rotatable bonds is 5. The molecule has 0 aromatic carbocycles. The lowest BCUT2D eigenvalue weighted by atomic mass is 10.1. The summed E-state index contributed by atoms with van der Waals surface area (Å²) in [5.41, 5.74) is 0.974. The summed E-state index contributed by atoms with van der Waals surface area (Å²) in [5, 5.41) is 9.65. The minimum absolute atomic E-state index is 0.0439. The van der Waals surface area contributed by atoms with Crippen LogP contribution in [0.5, 0.6) is 0 Å². The normalized spacial score (nSPS) is 19.8. The lowest BCUT2D eigenvalue weighted by Crippen LogP contribution is -2.49. The highest BCUT2D eigenvalue weighted by molar-refractivity contribution is 5.09. The topological polar surface area (TPSA) is 39.6 Å². The molecule has 1 atom stereocenters. The number of hydrogen-bond acceptors (Lipinski definition) is 4. The molecule has 1 saturated heterocycles. The van der Waals surface area contributed by atoms with Crippen molar-refractivity contribution in [3.05, 3.63) is 30.1 Å². The van der Waals surface area contributed by atoms with Crippen molar-refractivity contribution < 1.29 is 5.11 Å². The molecule has 4 nitrogen and oxygen atoms in total. The second-order valence-corrected chi connectivity index (χ2v) is 5.68. The van der Waals surface area contributed by atoms with Crippen LogP contribution in [0.15, 0.2) is 24.4 Å². The van der Waals surface area contributed by atoms with Crippen LogP contribution in [0.3, 0.4) is 0 Å². The molecule has 1 aromatic heterocycles. The third kappa shape index (κ3) is 4.00. The van der Waals surface area contributed by atoms with Gasteiger partial charge in [-0.15, -0.1) is 0 Å². The number of nitrogens with zero attached hydrogens (tertiary/aromatic N) is 3. The van der Waals surface area contributed by atoms with E-state index in [9.17, 15) is 5.11 Å². The van der Waals surface area contributed by atoms with Crippen molar-refractivity contribution in [2.75, 3.05) is 39.3 Å². The van der Waals surface area contributed by atoms with E-state index in [0.29, 0.717) is 0 Å². The van der Waals surface area contributed by atoms with Crippen LogP contribution in [0.2, 0.25) is 0 Å². The SMILES string of the molecule is CC(C)CN1CCN(C(CO)c2ccccn2)CC1. The van der Waals surface area contributed by atoms with Gasteiger partial charge in [0.05, 0.1) is 18.3 Å². The molecule has 0 spiro atoms. The average molecular weight is 263 g/mol. The van der Waals surface area contributed by atoms with Gasteiger partial charge in [0.1, 0.15) is 0 Å². The van der Waals surface area contributed by atoms with Crippen molar-refractivity contribution in [1.29, 1.82) is 0 Å². The number of piperazine rings is 1. The molecule has 0 bridgehead atoms. The third-order valence-electron chi connectivity index (χ3n) is 3.67. The van der Waals surface area contributed by atoms with Crippen LogP contribution in [0.25, 0.3) is 0 Å². The second kappa shape index (κ2) is 6.98. The van der Waals surface area contributed by atoms with Gasteiger partial charge in [0.15, 0.2) is 0 Å². The monoisotopic (exact) mass is 263 g/mol. The van der Waals surface area contributed by atoms with Gasteiger partial charge in [-0.05, 0) is 18.1 Å². The van der Waals surface area contributed by atoms with Gasteiger partial charge in [-0.25, -0.2) is 0 Å². The Hall–Kier alpha value is -0.970. The first-order valence-electron chi connectivity index (χ1n) is 7.19. The Balaban J connectivity index is 1.92. The molecular weight excluding hydrogens is 238 g/mol. The molecule has 4 heteroatoms. The lowest BCUT2D eigenvalue weighted by molar-refractivity contribution is 0.0589. The maximum atomic E-state index is 9.65. The predicted octanol–water partition coefficient (Wildman–Crippen LogP) is 1.39. The van der Waals surface area contributed by atoms with Gasteiger partial charge in [0.2, 0.25) is 0 Å². The van der Waals surface area contributed by atoms with Crippen LogP contribution in [0.4, 0.5) is 0 Å². The molecule has 19 heavy (non-hydrogen) atoms. The van der Waals surface area contributed by atoms with Crippen LogP contribution in [-0.4, -0.2) is 59.2 Å². The van der Waals surface area contributed by atoms with Crippen LogP contribution in [0.1, 0.15) is 25.6 Å². The largest absolute Gasteiger partial charge is 0.394 e. The van der Waals surface area contributed by atoms with Crippen LogP contribution < -0.4 is 0 Å². The van der Waals surface area contributed by atoms with Crippen LogP contribution >= 0.6 is 0 Å². The molecule has 0 aliphatic carbocycles. The maximum Gasteiger partial charge on any atom is 0.0755 e. The van der Waals surface area contributed by atoms with E-state index in [4.69, 9.17) is 0 Å². The van der Waals surface area contributed by atoms with E-state index >= 15 is 0 Å². The van der Waals surface area contributed by atoms with Gasteiger partial charge < -0.3 is 10.0 Å². The van der Waals surface area contributed by atoms with E-state index in [1.54, 1.807) is 6.20 Å². The van der Waals surface area contributed by atoms with E-state index in [2.05, 4.69) is 28.6 Å². The molecule has 0 radical (unpaired) electrons. The van der Waals surface area contributed by atoms with Gasteiger partial charge in [-0.1, -0.05) is 19.9 Å². The minimum Gasteiger partial charge on any atom is -0.394 e. The second-order valence-electron chi connectivity index (χ2n) is 5.68. The van der Waals surface area contributed by atoms with Gasteiger partial charge >= 0.3 is 0 Å². The first kappa shape index (κ1) is 14.4. The highest BCUT2D eigenvalue weighted by Gasteiger charge is 2.25. The number of aromatic nitrogens is 1. The summed E-state index contributed by atoms with van der Waals surface area (Å²) in [7, 11) is 0. The van der Waals surface area contributed by atoms with Gasteiger partial charge in [0.25, 0.3) is 0 Å². The minimum atomic E-state index is 0.0439. The first-order valence-corrected chi connectivity index (χ1v) is 7.19. The van der Waals surface area contributed by atoms with Crippen molar-refractivity contribution in [1.82, 2.24) is 14.8 Å². The lowest BCUT2D eigenvalue weighted by Gasteiger charge is -2.39.